The van der Waals surface area contributed by atoms with Crippen LogP contribution >= 0.6 is 0 Å². The summed E-state index contributed by atoms with van der Waals surface area (Å²) >= 11 is 0. The SMILES string of the molecule is CC(C)(Oc1ccc2c(c1)CCC2)C1CCCCC1. The van der Waals surface area contributed by atoms with Crippen molar-refractivity contribution in [3.63, 3.8) is 0 Å². The predicted molar refractivity (Wildman–Crippen MR) is 79.7 cm³/mol. The Morgan fingerprint density at radius 2 is 1.68 bits per heavy atom. The van der Waals surface area contributed by atoms with Crippen molar-refractivity contribution in [3.8, 4) is 5.75 Å². The normalized spacial score (nSPS) is 20.3. The van der Waals surface area contributed by atoms with E-state index in [1.54, 1.807) is 0 Å². The lowest BCUT2D eigenvalue weighted by molar-refractivity contribution is 0.0252. The molecule has 0 aliphatic heterocycles. The molecular weight excluding hydrogens is 232 g/mol. The van der Waals surface area contributed by atoms with E-state index in [2.05, 4.69) is 32.0 Å². The first-order valence-electron chi connectivity index (χ1n) is 7.96. The predicted octanol–water partition coefficient (Wildman–Crippen LogP) is 4.91. The van der Waals surface area contributed by atoms with Crippen LogP contribution < -0.4 is 4.74 Å². The summed E-state index contributed by atoms with van der Waals surface area (Å²) in [6.45, 7) is 4.55. The van der Waals surface area contributed by atoms with Crippen LogP contribution in [0, 0.1) is 5.92 Å². The lowest BCUT2D eigenvalue weighted by atomic mass is 9.79. The topological polar surface area (TPSA) is 9.23 Å². The Bertz CT molecular complexity index is 441. The highest BCUT2D eigenvalue weighted by Crippen LogP contribution is 2.36. The number of rotatable bonds is 3. The zero-order valence-corrected chi connectivity index (χ0v) is 12.4. The average molecular weight is 258 g/mol. The molecule has 0 radical (unpaired) electrons. The largest absolute Gasteiger partial charge is 0.488 e. The van der Waals surface area contributed by atoms with Crippen molar-refractivity contribution in [3.05, 3.63) is 29.3 Å². The van der Waals surface area contributed by atoms with Gasteiger partial charge in [0.1, 0.15) is 11.4 Å². The van der Waals surface area contributed by atoms with Gasteiger partial charge in [-0.3, -0.25) is 0 Å². The van der Waals surface area contributed by atoms with Gasteiger partial charge in [-0.05, 0) is 75.1 Å². The fraction of sp³-hybridized carbons (Fsp3) is 0.667. The summed E-state index contributed by atoms with van der Waals surface area (Å²) in [5.74, 6) is 1.80. The van der Waals surface area contributed by atoms with Crippen molar-refractivity contribution in [1.82, 2.24) is 0 Å². The van der Waals surface area contributed by atoms with E-state index in [0.29, 0.717) is 0 Å². The molecule has 0 N–H and O–H groups in total. The maximum Gasteiger partial charge on any atom is 0.120 e. The molecule has 1 heteroatoms. The molecule has 3 rings (SSSR count). The Balaban J connectivity index is 1.72. The maximum atomic E-state index is 6.37. The van der Waals surface area contributed by atoms with Gasteiger partial charge >= 0.3 is 0 Å². The quantitative estimate of drug-likeness (QED) is 0.748. The summed E-state index contributed by atoms with van der Waals surface area (Å²) in [5.41, 5.74) is 3.02. The smallest absolute Gasteiger partial charge is 0.120 e. The van der Waals surface area contributed by atoms with Gasteiger partial charge in [0.25, 0.3) is 0 Å². The number of hydrogen-bond acceptors (Lipinski definition) is 1. The van der Waals surface area contributed by atoms with Gasteiger partial charge in [0, 0.05) is 0 Å². The number of hydrogen-bond donors (Lipinski definition) is 0. The average Bonchev–Trinajstić information content (AvgIpc) is 2.87. The van der Waals surface area contributed by atoms with E-state index in [9.17, 15) is 0 Å². The molecule has 104 valence electrons. The van der Waals surface area contributed by atoms with E-state index in [-0.39, 0.29) is 5.60 Å². The van der Waals surface area contributed by atoms with Crippen LogP contribution in [-0.4, -0.2) is 5.60 Å². The molecule has 0 aromatic heterocycles. The molecule has 1 fully saturated rings. The van der Waals surface area contributed by atoms with Gasteiger partial charge in [-0.2, -0.15) is 0 Å². The molecule has 0 heterocycles. The number of ether oxygens (including phenoxy) is 1. The maximum absolute atomic E-state index is 6.37. The van der Waals surface area contributed by atoms with Crippen molar-refractivity contribution in [2.75, 3.05) is 0 Å². The molecule has 1 nitrogen and oxygen atoms in total. The summed E-state index contributed by atoms with van der Waals surface area (Å²) in [5, 5.41) is 0. The van der Waals surface area contributed by atoms with Crippen LogP contribution in [0.2, 0.25) is 0 Å². The molecule has 0 bridgehead atoms. The molecule has 1 aromatic rings. The minimum absolute atomic E-state index is 0.0206. The number of fused-ring (bicyclic) bond motifs is 1. The third-order valence-electron chi connectivity index (χ3n) is 5.04. The van der Waals surface area contributed by atoms with Crippen LogP contribution in [0.5, 0.6) is 5.75 Å². The van der Waals surface area contributed by atoms with Crippen LogP contribution in [0.25, 0.3) is 0 Å². The first-order valence-corrected chi connectivity index (χ1v) is 7.96. The van der Waals surface area contributed by atoms with Crippen molar-refractivity contribution < 1.29 is 4.74 Å². The minimum Gasteiger partial charge on any atom is -0.488 e. The van der Waals surface area contributed by atoms with Crippen LogP contribution in [0.1, 0.15) is 63.5 Å². The highest BCUT2D eigenvalue weighted by atomic mass is 16.5. The highest BCUT2D eigenvalue weighted by Gasteiger charge is 2.32. The molecule has 0 spiro atoms. The molecule has 1 saturated carbocycles. The van der Waals surface area contributed by atoms with Crippen molar-refractivity contribution in [1.29, 1.82) is 0 Å². The van der Waals surface area contributed by atoms with E-state index >= 15 is 0 Å². The molecule has 0 atom stereocenters. The Labute approximate surface area is 117 Å². The standard InChI is InChI=1S/C18H26O/c1-18(2,16-9-4-3-5-10-16)19-17-12-11-14-7-6-8-15(14)13-17/h11-13,16H,3-10H2,1-2H3. The first-order chi connectivity index (χ1) is 9.15. The van der Waals surface area contributed by atoms with Crippen molar-refractivity contribution >= 4 is 0 Å². The van der Waals surface area contributed by atoms with Crippen LogP contribution in [0.3, 0.4) is 0 Å². The van der Waals surface area contributed by atoms with Gasteiger partial charge in [-0.25, -0.2) is 0 Å². The zero-order chi connectivity index (χ0) is 13.3. The van der Waals surface area contributed by atoms with Crippen LogP contribution in [-0.2, 0) is 12.8 Å². The zero-order valence-electron chi connectivity index (χ0n) is 12.4. The fourth-order valence-electron chi connectivity index (χ4n) is 3.80. The van der Waals surface area contributed by atoms with Crippen LogP contribution in [0.4, 0.5) is 0 Å². The summed E-state index contributed by atoms with van der Waals surface area (Å²) in [4.78, 5) is 0. The van der Waals surface area contributed by atoms with Crippen molar-refractivity contribution in [2.24, 2.45) is 5.92 Å². The van der Waals surface area contributed by atoms with E-state index in [0.717, 1.165) is 11.7 Å². The van der Waals surface area contributed by atoms with Gasteiger partial charge in [0.05, 0.1) is 0 Å². The fourth-order valence-corrected chi connectivity index (χ4v) is 3.80. The molecule has 0 saturated heterocycles. The molecular formula is C18H26O. The van der Waals surface area contributed by atoms with Crippen LogP contribution in [0.15, 0.2) is 18.2 Å². The molecule has 0 unspecified atom stereocenters. The van der Waals surface area contributed by atoms with Crippen molar-refractivity contribution in [2.45, 2.75) is 70.8 Å². The molecule has 2 aliphatic carbocycles. The van der Waals surface area contributed by atoms with E-state index in [1.165, 1.54) is 62.5 Å². The van der Waals surface area contributed by atoms with E-state index in [4.69, 9.17) is 4.74 Å². The van der Waals surface area contributed by atoms with E-state index < -0.39 is 0 Å². The molecule has 0 amide bonds. The Hall–Kier alpha value is -0.980. The summed E-state index contributed by atoms with van der Waals surface area (Å²) in [6.07, 6.45) is 10.6. The lowest BCUT2D eigenvalue weighted by Gasteiger charge is -2.37. The number of benzene rings is 1. The van der Waals surface area contributed by atoms with Gasteiger partial charge in [0.15, 0.2) is 0 Å². The minimum atomic E-state index is -0.0206. The Kier molecular flexibility index (Phi) is 3.56. The van der Waals surface area contributed by atoms with Gasteiger partial charge < -0.3 is 4.74 Å². The second-order valence-corrected chi connectivity index (χ2v) is 6.82. The summed E-state index contributed by atoms with van der Waals surface area (Å²) in [7, 11) is 0. The number of aryl methyl sites for hydroxylation is 2. The third-order valence-corrected chi connectivity index (χ3v) is 5.04. The summed E-state index contributed by atoms with van der Waals surface area (Å²) in [6, 6.07) is 6.73. The first kappa shape index (κ1) is 13.0. The third kappa shape index (κ3) is 2.80. The monoisotopic (exact) mass is 258 g/mol. The van der Waals surface area contributed by atoms with E-state index in [1.807, 2.05) is 0 Å². The second-order valence-electron chi connectivity index (χ2n) is 6.82. The van der Waals surface area contributed by atoms with Gasteiger partial charge in [-0.1, -0.05) is 25.3 Å². The molecule has 2 aliphatic rings. The van der Waals surface area contributed by atoms with Gasteiger partial charge in [0.2, 0.25) is 0 Å². The Morgan fingerprint density at radius 3 is 2.47 bits per heavy atom. The summed E-state index contributed by atoms with van der Waals surface area (Å²) < 4.78 is 6.37. The Morgan fingerprint density at radius 1 is 0.947 bits per heavy atom. The highest BCUT2D eigenvalue weighted by molar-refractivity contribution is 5.38. The lowest BCUT2D eigenvalue weighted by Crippen LogP contribution is -2.38. The molecule has 19 heavy (non-hydrogen) atoms. The molecule has 1 aromatic carbocycles. The van der Waals surface area contributed by atoms with Gasteiger partial charge in [-0.15, -0.1) is 0 Å². The second kappa shape index (κ2) is 5.19.